The van der Waals surface area contributed by atoms with Crippen LogP contribution in [0.3, 0.4) is 0 Å². The van der Waals surface area contributed by atoms with Crippen molar-refractivity contribution in [3.63, 3.8) is 0 Å². The molecule has 8 heteroatoms. The Hall–Kier alpha value is -1.81. The Morgan fingerprint density at radius 2 is 1.00 bits per heavy atom. The smallest absolute Gasteiger partial charge is 0.264 e. The Morgan fingerprint density at radius 3 is 1.25 bits per heavy atom. The maximum absolute atomic E-state index is 8.74. The molecule has 0 amide bonds. The summed E-state index contributed by atoms with van der Waals surface area (Å²) in [4.78, 5) is 0. The molecule has 0 heterocycles. The van der Waals surface area contributed by atoms with E-state index in [4.69, 9.17) is 29.2 Å². The molecule has 0 fully saturated rings. The number of benzene rings is 2. The molecule has 0 atom stereocenters. The van der Waals surface area contributed by atoms with Gasteiger partial charge in [0.15, 0.2) is 11.4 Å². The van der Waals surface area contributed by atoms with Crippen LogP contribution in [0.2, 0.25) is 0 Å². The molecule has 7 nitrogen and oxygen atoms in total. The van der Waals surface area contributed by atoms with Crippen molar-refractivity contribution in [1.82, 2.24) is 4.70 Å². The minimum atomic E-state index is -4.67. The van der Waals surface area contributed by atoms with Crippen molar-refractivity contribution in [3.8, 4) is 0 Å². The van der Waals surface area contributed by atoms with Crippen LogP contribution >= 0.6 is 0 Å². The summed E-state index contributed by atoms with van der Waals surface area (Å²) < 4.78 is 31.4. The van der Waals surface area contributed by atoms with E-state index < -0.39 is 10.4 Å². The molecule has 0 aliphatic heterocycles. The number of rotatable bonds is 2. The highest BCUT2D eigenvalue weighted by atomic mass is 32.3. The number of para-hydroxylation sites is 2. The van der Waals surface area contributed by atoms with E-state index in [0.717, 1.165) is 11.4 Å². The minimum absolute atomic E-state index is 0.221. The van der Waals surface area contributed by atoms with E-state index in [0.29, 0.717) is 0 Å². The van der Waals surface area contributed by atoms with Crippen molar-refractivity contribution in [2.45, 2.75) is 0 Å². The molecular formula is C12H16N3O4S+. The number of quaternary nitrogens is 1. The van der Waals surface area contributed by atoms with Crippen LogP contribution in [0.25, 0.3) is 0 Å². The lowest BCUT2D eigenvalue weighted by molar-refractivity contribution is 0.381. The van der Waals surface area contributed by atoms with Gasteiger partial charge in [-0.3, -0.25) is 9.11 Å². The van der Waals surface area contributed by atoms with Gasteiger partial charge in [0.1, 0.15) is 0 Å². The van der Waals surface area contributed by atoms with E-state index in [9.17, 15) is 0 Å². The summed E-state index contributed by atoms with van der Waals surface area (Å²) in [5, 5.41) is 0. The van der Waals surface area contributed by atoms with Crippen molar-refractivity contribution < 1.29 is 17.5 Å². The zero-order valence-corrected chi connectivity index (χ0v) is 11.3. The molecule has 0 radical (unpaired) electrons. The van der Waals surface area contributed by atoms with Gasteiger partial charge in [0.25, 0.3) is 0 Å². The third-order valence-electron chi connectivity index (χ3n) is 2.37. The average molecular weight is 298 g/mol. The summed E-state index contributed by atoms with van der Waals surface area (Å²) in [6.45, 7) is 0. The van der Waals surface area contributed by atoms with Crippen molar-refractivity contribution in [2.75, 3.05) is 0 Å². The number of nitrogens with two attached hydrogens (primary N) is 2. The summed E-state index contributed by atoms with van der Waals surface area (Å²) in [5.41, 5.74) is 1.70. The second-order valence-electron chi connectivity index (χ2n) is 3.90. The molecule has 0 bridgehead atoms. The molecule has 0 unspecified atom stereocenters. The van der Waals surface area contributed by atoms with Crippen LogP contribution in [-0.2, 0) is 10.4 Å². The van der Waals surface area contributed by atoms with Crippen LogP contribution in [0.4, 0.5) is 11.4 Å². The zero-order valence-electron chi connectivity index (χ0n) is 10.5. The average Bonchev–Trinajstić information content (AvgIpc) is 2.39. The van der Waals surface area contributed by atoms with Gasteiger partial charge in [-0.15, -0.1) is 4.70 Å². The van der Waals surface area contributed by atoms with Crippen LogP contribution in [0.1, 0.15) is 0 Å². The highest BCUT2D eigenvalue weighted by molar-refractivity contribution is 7.79. The molecule has 2 rings (SSSR count). The number of hydrogen-bond acceptors (Lipinski definition) is 4. The Labute approximate surface area is 117 Å². The first kappa shape index (κ1) is 16.2. The minimum Gasteiger partial charge on any atom is -0.264 e. The summed E-state index contributed by atoms with van der Waals surface area (Å²) in [5.74, 6) is 12.1. The Morgan fingerprint density at radius 1 is 0.750 bits per heavy atom. The first-order valence-electron chi connectivity index (χ1n) is 5.48. The van der Waals surface area contributed by atoms with E-state index in [-0.39, 0.29) is 4.70 Å². The monoisotopic (exact) mass is 298 g/mol. The van der Waals surface area contributed by atoms with Gasteiger partial charge in [0.2, 0.25) is 0 Å². The second-order valence-corrected chi connectivity index (χ2v) is 4.79. The van der Waals surface area contributed by atoms with E-state index >= 15 is 0 Å². The van der Waals surface area contributed by atoms with Gasteiger partial charge in [-0.2, -0.15) is 20.1 Å². The molecule has 0 aliphatic rings. The fraction of sp³-hybridized carbons (Fsp3) is 0. The predicted octanol–water partition coefficient (Wildman–Crippen LogP) is 1.42. The van der Waals surface area contributed by atoms with Gasteiger partial charge in [0, 0.05) is 24.3 Å². The maximum Gasteiger partial charge on any atom is 0.394 e. The topological polar surface area (TPSA) is 127 Å². The van der Waals surface area contributed by atoms with Gasteiger partial charge in [-0.25, -0.2) is 0 Å². The van der Waals surface area contributed by atoms with E-state index in [2.05, 4.69) is 0 Å². The predicted molar refractivity (Wildman–Crippen MR) is 76.9 cm³/mol. The largest absolute Gasteiger partial charge is 0.394 e. The quantitative estimate of drug-likeness (QED) is 0.287. The van der Waals surface area contributed by atoms with Crippen LogP contribution < -0.4 is 16.4 Å². The molecule has 108 valence electrons. The van der Waals surface area contributed by atoms with E-state index in [1.54, 1.807) is 0 Å². The first-order chi connectivity index (χ1) is 9.21. The summed E-state index contributed by atoms with van der Waals surface area (Å²) in [6, 6.07) is 19.2. The molecular weight excluding hydrogens is 282 g/mol. The number of nitrogens with zero attached hydrogens (tertiary/aromatic N) is 1. The fourth-order valence-electron chi connectivity index (χ4n) is 1.50. The summed E-state index contributed by atoms with van der Waals surface area (Å²) in [6.07, 6.45) is 0. The lowest BCUT2D eigenvalue weighted by Crippen LogP contribution is -2.57. The van der Waals surface area contributed by atoms with Crippen LogP contribution in [0.5, 0.6) is 0 Å². The Kier molecular flexibility index (Phi) is 5.34. The highest BCUT2D eigenvalue weighted by Crippen LogP contribution is 2.25. The maximum atomic E-state index is 8.74. The molecule has 2 aromatic carbocycles. The van der Waals surface area contributed by atoms with E-state index in [1.165, 1.54) is 0 Å². The first-order valence-corrected chi connectivity index (χ1v) is 6.88. The molecule has 6 N–H and O–H groups in total. The third-order valence-corrected chi connectivity index (χ3v) is 2.37. The Balaban J connectivity index is 0.000000347. The second kappa shape index (κ2) is 6.57. The molecule has 0 aliphatic carbocycles. The van der Waals surface area contributed by atoms with Gasteiger partial charge in [-0.1, -0.05) is 36.4 Å². The zero-order chi connectivity index (χ0) is 15.2. The lowest BCUT2D eigenvalue weighted by atomic mass is 10.2. The molecule has 2 aromatic rings. The van der Waals surface area contributed by atoms with Crippen molar-refractivity contribution in [3.05, 3.63) is 60.7 Å². The summed E-state index contributed by atoms with van der Waals surface area (Å²) in [7, 11) is -4.67. The molecule has 20 heavy (non-hydrogen) atoms. The lowest BCUT2D eigenvalue weighted by Gasteiger charge is -2.25. The van der Waals surface area contributed by atoms with Crippen molar-refractivity contribution in [2.24, 2.45) is 11.7 Å². The number of hydrogen-bond donors (Lipinski definition) is 4. The van der Waals surface area contributed by atoms with Gasteiger partial charge >= 0.3 is 10.4 Å². The van der Waals surface area contributed by atoms with Gasteiger partial charge in [-0.05, 0) is 0 Å². The van der Waals surface area contributed by atoms with Crippen LogP contribution in [0.15, 0.2) is 60.7 Å². The highest BCUT2D eigenvalue weighted by Gasteiger charge is 2.24. The normalized spacial score (nSPS) is 11.4. The van der Waals surface area contributed by atoms with Crippen LogP contribution in [-0.4, -0.2) is 17.5 Å². The van der Waals surface area contributed by atoms with Gasteiger partial charge < -0.3 is 0 Å². The molecule has 0 aromatic heterocycles. The Bertz CT molecular complexity index is 581. The SMILES string of the molecule is N[N+](N)(c1ccccc1)c1ccccc1.O=S(=O)(O)O. The van der Waals surface area contributed by atoms with Crippen LogP contribution in [0, 0.1) is 0 Å². The van der Waals surface area contributed by atoms with E-state index in [1.807, 2.05) is 60.7 Å². The van der Waals surface area contributed by atoms with Gasteiger partial charge in [0.05, 0.1) is 0 Å². The molecule has 0 spiro atoms. The van der Waals surface area contributed by atoms with Crippen molar-refractivity contribution >= 4 is 21.8 Å². The molecule has 0 saturated heterocycles. The standard InChI is InChI=1S/C12H14N3.H2O4S/c13-15(14,11-7-3-1-4-8-11)12-9-5-2-6-10-12;1-5(2,3)4/h1-10H,13-14H2;(H2,1,2,3,4)/q+1;. The third kappa shape index (κ3) is 5.45. The fourth-order valence-corrected chi connectivity index (χ4v) is 1.50. The molecule has 0 saturated carbocycles. The van der Waals surface area contributed by atoms with Crippen molar-refractivity contribution in [1.29, 1.82) is 0 Å². The summed E-state index contributed by atoms with van der Waals surface area (Å²) >= 11 is 0.